The predicted molar refractivity (Wildman–Crippen MR) is 98.5 cm³/mol. The van der Waals surface area contributed by atoms with E-state index in [1.165, 1.54) is 20.5 Å². The number of carbonyl (C=O) groups is 1. The third-order valence-corrected chi connectivity index (χ3v) is 5.27. The maximum absolute atomic E-state index is 12.5. The van der Waals surface area contributed by atoms with Gasteiger partial charge in [0, 0.05) is 21.8 Å². The Labute approximate surface area is 145 Å². The fourth-order valence-corrected chi connectivity index (χ4v) is 4.13. The highest BCUT2D eigenvalue weighted by Gasteiger charge is 2.26. The lowest BCUT2D eigenvalue weighted by molar-refractivity contribution is -0.118. The highest BCUT2D eigenvalue weighted by atomic mass is 35.5. The molecule has 1 aromatic heterocycles. The normalized spacial score (nSPS) is 16.4. The highest BCUT2D eigenvalue weighted by molar-refractivity contribution is 7.19. The quantitative estimate of drug-likeness (QED) is 0.738. The third kappa shape index (κ3) is 3.11. The summed E-state index contributed by atoms with van der Waals surface area (Å²) in [7, 11) is 0. The number of para-hydroxylation sites is 1. The SMILES string of the molecule is Cl.O=C(Nc1ccccc1)[C@H]1Cc2c(sc3ccccc23)CN1. The summed E-state index contributed by atoms with van der Waals surface area (Å²) >= 11 is 1.82. The lowest BCUT2D eigenvalue weighted by Gasteiger charge is -2.23. The van der Waals surface area contributed by atoms with Crippen LogP contribution in [0.15, 0.2) is 54.6 Å². The molecule has 2 heterocycles. The van der Waals surface area contributed by atoms with Crippen molar-refractivity contribution in [2.75, 3.05) is 5.32 Å². The Hall–Kier alpha value is -1.88. The second-order valence-electron chi connectivity index (χ2n) is 5.49. The molecule has 23 heavy (non-hydrogen) atoms. The Bertz CT molecular complexity index is 831. The summed E-state index contributed by atoms with van der Waals surface area (Å²) in [5.41, 5.74) is 2.17. The molecule has 1 aliphatic rings. The molecule has 118 valence electrons. The van der Waals surface area contributed by atoms with Gasteiger partial charge in [0.15, 0.2) is 0 Å². The molecule has 0 spiro atoms. The molecule has 2 aromatic carbocycles. The molecule has 0 fully saturated rings. The molecule has 3 aromatic rings. The van der Waals surface area contributed by atoms with Crippen LogP contribution in [0.3, 0.4) is 0 Å². The summed E-state index contributed by atoms with van der Waals surface area (Å²) < 4.78 is 1.30. The van der Waals surface area contributed by atoms with E-state index in [-0.39, 0.29) is 24.4 Å². The molecule has 0 aliphatic carbocycles. The number of rotatable bonds is 2. The van der Waals surface area contributed by atoms with E-state index in [2.05, 4.69) is 34.9 Å². The molecule has 0 saturated heterocycles. The van der Waals surface area contributed by atoms with Gasteiger partial charge in [0.2, 0.25) is 5.91 Å². The zero-order chi connectivity index (χ0) is 14.9. The molecule has 2 N–H and O–H groups in total. The van der Waals surface area contributed by atoms with Gasteiger partial charge in [0.05, 0.1) is 6.04 Å². The molecule has 5 heteroatoms. The van der Waals surface area contributed by atoms with Crippen LogP contribution in [-0.2, 0) is 17.8 Å². The van der Waals surface area contributed by atoms with Gasteiger partial charge in [-0.2, -0.15) is 0 Å². The van der Waals surface area contributed by atoms with Crippen LogP contribution in [0.5, 0.6) is 0 Å². The average Bonchev–Trinajstić information content (AvgIpc) is 2.93. The number of thiophene rings is 1. The molecule has 1 amide bonds. The maximum Gasteiger partial charge on any atom is 0.241 e. The first-order valence-electron chi connectivity index (χ1n) is 7.40. The van der Waals surface area contributed by atoms with Crippen LogP contribution in [0.4, 0.5) is 5.69 Å². The van der Waals surface area contributed by atoms with Crippen molar-refractivity contribution in [1.82, 2.24) is 5.32 Å². The molecule has 0 saturated carbocycles. The average molecular weight is 345 g/mol. The van der Waals surface area contributed by atoms with Crippen molar-refractivity contribution in [3.05, 3.63) is 65.0 Å². The number of hydrogen-bond donors (Lipinski definition) is 2. The summed E-state index contributed by atoms with van der Waals surface area (Å²) in [5, 5.41) is 7.63. The van der Waals surface area contributed by atoms with E-state index < -0.39 is 0 Å². The fourth-order valence-electron chi connectivity index (χ4n) is 2.94. The Morgan fingerprint density at radius 1 is 1.09 bits per heavy atom. The van der Waals surface area contributed by atoms with Gasteiger partial charge in [0.25, 0.3) is 0 Å². The first-order valence-corrected chi connectivity index (χ1v) is 8.21. The molecular weight excluding hydrogens is 328 g/mol. The molecule has 3 nitrogen and oxygen atoms in total. The highest BCUT2D eigenvalue weighted by Crippen LogP contribution is 2.34. The summed E-state index contributed by atoms with van der Waals surface area (Å²) in [6.07, 6.45) is 0.748. The summed E-state index contributed by atoms with van der Waals surface area (Å²) in [6.45, 7) is 0.765. The van der Waals surface area contributed by atoms with Crippen LogP contribution in [0, 0.1) is 0 Å². The summed E-state index contributed by atoms with van der Waals surface area (Å²) in [6, 6.07) is 17.9. The largest absolute Gasteiger partial charge is 0.325 e. The minimum atomic E-state index is -0.175. The number of benzene rings is 2. The fraction of sp³-hybridized carbons (Fsp3) is 0.167. The minimum Gasteiger partial charge on any atom is -0.325 e. The van der Waals surface area contributed by atoms with E-state index in [1.54, 1.807) is 0 Å². The standard InChI is InChI=1S/C18H16N2OS.ClH/c21-18(20-12-6-2-1-3-7-12)15-10-14-13-8-4-5-9-16(13)22-17(14)11-19-15;/h1-9,15,19H,10-11H2,(H,20,21);1H/t15-;/m1./s1. The van der Waals surface area contributed by atoms with Crippen LogP contribution in [0.1, 0.15) is 10.4 Å². The molecule has 0 unspecified atom stereocenters. The van der Waals surface area contributed by atoms with Gasteiger partial charge in [-0.15, -0.1) is 23.7 Å². The van der Waals surface area contributed by atoms with Gasteiger partial charge in [0.1, 0.15) is 0 Å². The van der Waals surface area contributed by atoms with Crippen molar-refractivity contribution in [2.45, 2.75) is 19.0 Å². The second kappa shape index (κ2) is 6.71. The molecule has 4 rings (SSSR count). The Morgan fingerprint density at radius 3 is 2.65 bits per heavy atom. The Kier molecular flexibility index (Phi) is 4.66. The summed E-state index contributed by atoms with van der Waals surface area (Å²) in [5.74, 6) is 0.0344. The zero-order valence-corrected chi connectivity index (χ0v) is 14.0. The Balaban J connectivity index is 0.00000156. The predicted octanol–water partition coefficient (Wildman–Crippen LogP) is 3.98. The second-order valence-corrected chi connectivity index (χ2v) is 6.63. The number of anilines is 1. The number of nitrogens with one attached hydrogen (secondary N) is 2. The minimum absolute atomic E-state index is 0. The van der Waals surface area contributed by atoms with Crippen LogP contribution < -0.4 is 10.6 Å². The van der Waals surface area contributed by atoms with Gasteiger partial charge in [-0.3, -0.25) is 4.79 Å². The van der Waals surface area contributed by atoms with Gasteiger partial charge in [-0.05, 0) is 35.6 Å². The maximum atomic E-state index is 12.5. The van der Waals surface area contributed by atoms with Crippen LogP contribution in [0.2, 0.25) is 0 Å². The van der Waals surface area contributed by atoms with Crippen molar-refractivity contribution in [3.8, 4) is 0 Å². The van der Waals surface area contributed by atoms with Crippen LogP contribution in [-0.4, -0.2) is 11.9 Å². The molecule has 1 aliphatic heterocycles. The van der Waals surface area contributed by atoms with E-state index in [0.717, 1.165) is 18.7 Å². The van der Waals surface area contributed by atoms with Crippen LogP contribution >= 0.6 is 23.7 Å². The first-order chi connectivity index (χ1) is 10.8. The topological polar surface area (TPSA) is 41.1 Å². The number of fused-ring (bicyclic) bond motifs is 3. The smallest absolute Gasteiger partial charge is 0.241 e. The molecule has 0 radical (unpaired) electrons. The monoisotopic (exact) mass is 344 g/mol. The van der Waals surface area contributed by atoms with Gasteiger partial charge in [-0.25, -0.2) is 0 Å². The van der Waals surface area contributed by atoms with E-state index in [0.29, 0.717) is 0 Å². The van der Waals surface area contributed by atoms with E-state index in [9.17, 15) is 4.79 Å². The van der Waals surface area contributed by atoms with Gasteiger partial charge < -0.3 is 10.6 Å². The van der Waals surface area contributed by atoms with Crippen molar-refractivity contribution in [1.29, 1.82) is 0 Å². The van der Waals surface area contributed by atoms with Gasteiger partial charge >= 0.3 is 0 Å². The number of halogens is 1. The van der Waals surface area contributed by atoms with Gasteiger partial charge in [-0.1, -0.05) is 36.4 Å². The van der Waals surface area contributed by atoms with Crippen molar-refractivity contribution < 1.29 is 4.79 Å². The van der Waals surface area contributed by atoms with Crippen molar-refractivity contribution in [3.63, 3.8) is 0 Å². The summed E-state index contributed by atoms with van der Waals surface area (Å²) in [4.78, 5) is 13.8. The molecule has 1 atom stereocenters. The van der Waals surface area contributed by atoms with Crippen molar-refractivity contribution >= 4 is 45.4 Å². The number of carbonyl (C=O) groups excluding carboxylic acids is 1. The molecule has 0 bridgehead atoms. The molecular formula is C18H17ClN2OS. The zero-order valence-electron chi connectivity index (χ0n) is 12.4. The first kappa shape index (κ1) is 16.0. The van der Waals surface area contributed by atoms with E-state index in [4.69, 9.17) is 0 Å². The number of amides is 1. The lowest BCUT2D eigenvalue weighted by atomic mass is 9.98. The third-order valence-electron chi connectivity index (χ3n) is 4.06. The van der Waals surface area contributed by atoms with Crippen LogP contribution in [0.25, 0.3) is 10.1 Å². The van der Waals surface area contributed by atoms with E-state index >= 15 is 0 Å². The number of hydrogen-bond acceptors (Lipinski definition) is 3. The Morgan fingerprint density at radius 2 is 1.83 bits per heavy atom. The van der Waals surface area contributed by atoms with E-state index in [1.807, 2.05) is 41.7 Å². The lowest BCUT2D eigenvalue weighted by Crippen LogP contribution is -2.44. The van der Waals surface area contributed by atoms with Crippen molar-refractivity contribution in [2.24, 2.45) is 0 Å².